The average molecular weight is 829 g/mol. The van der Waals surface area contributed by atoms with E-state index < -0.39 is 0 Å². The number of fused-ring (bicyclic) bond motifs is 7. The van der Waals surface area contributed by atoms with Crippen LogP contribution in [-0.2, 0) is 21.7 Å². The number of anilines is 6. The molecule has 0 atom stereocenters. The number of nitrogens with zero attached hydrogens (tertiary/aromatic N) is 2. The normalized spacial score (nSPS) is 15.2. The molecule has 0 bridgehead atoms. The molecular weight excluding hydrogens is 763 g/mol. The molecule has 0 N–H and O–H groups in total. The molecule has 9 rings (SSSR count). The van der Waals surface area contributed by atoms with E-state index in [2.05, 4.69) is 187 Å². The number of ether oxygens (including phenoxy) is 2. The molecule has 4 nitrogen and oxygen atoms in total. The van der Waals surface area contributed by atoms with Gasteiger partial charge in [0.25, 0.3) is 6.71 Å². The summed E-state index contributed by atoms with van der Waals surface area (Å²) in [4.78, 5) is 5.29. The number of rotatable bonds is 2. The van der Waals surface area contributed by atoms with E-state index in [1.54, 1.807) is 0 Å². The van der Waals surface area contributed by atoms with Crippen LogP contribution in [0.5, 0.6) is 11.5 Å². The van der Waals surface area contributed by atoms with Crippen molar-refractivity contribution in [1.82, 2.24) is 0 Å². The predicted octanol–water partition coefficient (Wildman–Crippen LogP) is 13.6. The number of benzene rings is 5. The second-order valence-corrected chi connectivity index (χ2v) is 23.5. The van der Waals surface area contributed by atoms with E-state index in [0.717, 1.165) is 17.9 Å². The molecule has 4 heterocycles. The Labute approximate surface area is 370 Å². The fourth-order valence-corrected chi connectivity index (χ4v) is 11.3. The molecule has 0 aliphatic carbocycles. The van der Waals surface area contributed by atoms with Gasteiger partial charge in [-0.25, -0.2) is 0 Å². The third kappa shape index (κ3) is 6.78. The molecule has 0 radical (unpaired) electrons. The Morgan fingerprint density at radius 1 is 0.492 bits per heavy atom. The summed E-state index contributed by atoms with van der Waals surface area (Å²) < 4.78 is 15.8. The summed E-state index contributed by atoms with van der Waals surface area (Å²) in [5.41, 5.74) is 20.6. The molecule has 3 aliphatic rings. The van der Waals surface area contributed by atoms with Crippen LogP contribution < -0.4 is 35.0 Å². The van der Waals surface area contributed by atoms with Crippen molar-refractivity contribution in [2.75, 3.05) is 23.0 Å². The highest BCUT2D eigenvalue weighted by Gasteiger charge is 2.47. The van der Waals surface area contributed by atoms with E-state index in [4.69, 9.17) is 9.47 Å². The van der Waals surface area contributed by atoms with Gasteiger partial charge in [-0.05, 0) is 135 Å². The summed E-state index contributed by atoms with van der Waals surface area (Å²) in [5.74, 6) is 1.67. The summed E-state index contributed by atoms with van der Waals surface area (Å²) >= 11 is 1.97. The number of aryl methyl sites for hydroxylation is 4. The molecule has 6 aromatic rings. The van der Waals surface area contributed by atoms with Crippen molar-refractivity contribution >= 4 is 78.0 Å². The SMILES string of the molecule is Cc1cc(C(C)(C)C)cc(C)c1N1c2cc3c(cc2B2c4sc5ccc(C(C)(C)C)cc5c4N(c4c(C)cc(C(C)(C)C)cc4C)c4cc(C(C)(C)C)cc1c42)OCCCO3. The highest BCUT2D eigenvalue weighted by molar-refractivity contribution is 7.33. The lowest BCUT2D eigenvalue weighted by molar-refractivity contribution is 0.297. The highest BCUT2D eigenvalue weighted by atomic mass is 32.1. The first-order valence-corrected chi connectivity index (χ1v) is 23.3. The Bertz CT molecular complexity index is 2740. The summed E-state index contributed by atoms with van der Waals surface area (Å²) in [7, 11) is 0. The van der Waals surface area contributed by atoms with E-state index in [9.17, 15) is 0 Å². The van der Waals surface area contributed by atoms with Gasteiger partial charge >= 0.3 is 0 Å². The van der Waals surface area contributed by atoms with E-state index in [1.165, 1.54) is 104 Å². The van der Waals surface area contributed by atoms with Crippen molar-refractivity contribution in [2.45, 2.75) is 139 Å². The summed E-state index contributed by atoms with van der Waals surface area (Å²) in [6.45, 7) is 38.5. The van der Waals surface area contributed by atoms with Crippen LogP contribution in [0.15, 0.2) is 66.7 Å². The zero-order chi connectivity index (χ0) is 43.9. The molecule has 0 unspecified atom stereocenters. The van der Waals surface area contributed by atoms with Gasteiger partial charge in [0.2, 0.25) is 0 Å². The lowest BCUT2D eigenvalue weighted by Crippen LogP contribution is -2.60. The van der Waals surface area contributed by atoms with Gasteiger partial charge in [-0.1, -0.05) is 113 Å². The van der Waals surface area contributed by atoms with Gasteiger partial charge < -0.3 is 19.3 Å². The lowest BCUT2D eigenvalue weighted by Gasteiger charge is -2.45. The smallest absolute Gasteiger partial charge is 0.264 e. The predicted molar refractivity (Wildman–Crippen MR) is 265 cm³/mol. The maximum atomic E-state index is 6.56. The monoisotopic (exact) mass is 828 g/mol. The van der Waals surface area contributed by atoms with Crippen LogP contribution in [0.25, 0.3) is 10.1 Å². The van der Waals surface area contributed by atoms with Gasteiger partial charge in [-0.2, -0.15) is 0 Å². The van der Waals surface area contributed by atoms with E-state index >= 15 is 0 Å². The van der Waals surface area contributed by atoms with Crippen LogP contribution in [0.2, 0.25) is 0 Å². The largest absolute Gasteiger partial charge is 0.490 e. The second kappa shape index (κ2) is 13.9. The molecular formula is C55H65BN2O2S. The molecule has 316 valence electrons. The lowest BCUT2D eigenvalue weighted by atomic mass is 9.36. The molecule has 0 spiro atoms. The van der Waals surface area contributed by atoms with Crippen molar-refractivity contribution in [3.8, 4) is 11.5 Å². The molecule has 0 saturated heterocycles. The van der Waals surface area contributed by atoms with E-state index in [0.29, 0.717) is 13.2 Å². The topological polar surface area (TPSA) is 24.9 Å². The molecule has 0 fully saturated rings. The number of hydrogen-bond acceptors (Lipinski definition) is 5. The summed E-state index contributed by atoms with van der Waals surface area (Å²) in [5, 5.41) is 1.32. The average Bonchev–Trinajstić information content (AvgIpc) is 3.36. The van der Waals surface area contributed by atoms with Gasteiger partial charge in [-0.3, -0.25) is 0 Å². The zero-order valence-electron chi connectivity index (χ0n) is 39.7. The maximum absolute atomic E-state index is 6.56. The summed E-state index contributed by atoms with van der Waals surface area (Å²) in [6.07, 6.45) is 0.858. The summed E-state index contributed by atoms with van der Waals surface area (Å²) in [6, 6.07) is 26.7. The third-order valence-electron chi connectivity index (χ3n) is 13.4. The van der Waals surface area contributed by atoms with Crippen molar-refractivity contribution in [2.24, 2.45) is 0 Å². The Balaban J connectivity index is 1.47. The van der Waals surface area contributed by atoms with Crippen LogP contribution in [-0.4, -0.2) is 19.9 Å². The maximum Gasteiger partial charge on any atom is 0.264 e. The van der Waals surface area contributed by atoms with Crippen LogP contribution in [0, 0.1) is 27.7 Å². The standard InChI is InChI=1S/C55H65BN2O2S/c1-31-22-36(53(8,9)10)23-32(2)48(31)57-41-30-45-44(59-20-17-21-60-45)29-40(41)56-47-42(57)27-38(55(14,15)16)28-43(47)58(49-33(3)24-37(25-34(49)4)54(11,12)13)50-39-26-35(52(5,6)7)18-19-46(39)61-51(50)56/h18-19,22-30H,17,20-21H2,1-16H3. The fraction of sp³-hybridized carbons (Fsp3) is 0.418. The van der Waals surface area contributed by atoms with Gasteiger partial charge in [0, 0.05) is 44.4 Å². The minimum absolute atomic E-state index is 0.00170. The van der Waals surface area contributed by atoms with Crippen molar-refractivity contribution in [3.05, 3.63) is 111 Å². The van der Waals surface area contributed by atoms with Crippen LogP contribution >= 0.6 is 11.3 Å². The first-order chi connectivity index (χ1) is 28.4. The molecule has 0 saturated carbocycles. The van der Waals surface area contributed by atoms with E-state index in [1.807, 2.05) is 11.3 Å². The second-order valence-electron chi connectivity index (χ2n) is 22.4. The quantitative estimate of drug-likeness (QED) is 0.162. The first kappa shape index (κ1) is 41.7. The van der Waals surface area contributed by atoms with Crippen molar-refractivity contribution < 1.29 is 9.47 Å². The number of thiophene rings is 1. The van der Waals surface area contributed by atoms with E-state index in [-0.39, 0.29) is 28.4 Å². The molecule has 61 heavy (non-hydrogen) atoms. The molecule has 5 aromatic carbocycles. The van der Waals surface area contributed by atoms with Crippen LogP contribution in [0.4, 0.5) is 34.1 Å². The van der Waals surface area contributed by atoms with Crippen LogP contribution in [0.1, 0.15) is 134 Å². The first-order valence-electron chi connectivity index (χ1n) is 22.5. The van der Waals surface area contributed by atoms with Gasteiger partial charge in [0.1, 0.15) is 0 Å². The molecule has 1 aromatic heterocycles. The Morgan fingerprint density at radius 3 is 1.46 bits per heavy atom. The number of hydrogen-bond donors (Lipinski definition) is 0. The zero-order valence-corrected chi connectivity index (χ0v) is 40.5. The Morgan fingerprint density at radius 2 is 0.951 bits per heavy atom. The van der Waals surface area contributed by atoms with Crippen molar-refractivity contribution in [1.29, 1.82) is 0 Å². The van der Waals surface area contributed by atoms with Crippen LogP contribution in [0.3, 0.4) is 0 Å². The minimum Gasteiger partial charge on any atom is -0.490 e. The molecule has 6 heteroatoms. The van der Waals surface area contributed by atoms with Gasteiger partial charge in [0.15, 0.2) is 11.5 Å². The van der Waals surface area contributed by atoms with Gasteiger partial charge in [-0.15, -0.1) is 11.3 Å². The highest BCUT2D eigenvalue weighted by Crippen LogP contribution is 2.53. The molecule has 0 amide bonds. The Kier molecular flexibility index (Phi) is 9.50. The molecule has 3 aliphatic heterocycles. The Hall–Kier alpha value is -4.68. The fourth-order valence-electron chi connectivity index (χ4n) is 9.99. The minimum atomic E-state index is -0.125. The van der Waals surface area contributed by atoms with Crippen molar-refractivity contribution in [3.63, 3.8) is 0 Å². The van der Waals surface area contributed by atoms with Gasteiger partial charge in [0.05, 0.1) is 30.3 Å². The third-order valence-corrected chi connectivity index (χ3v) is 14.6.